The molecule has 584 valence electrons. The van der Waals surface area contributed by atoms with Crippen molar-refractivity contribution in [3.05, 3.63) is 340 Å². The molecular formula is C114H92N6O. The first kappa shape index (κ1) is 73.6. The van der Waals surface area contributed by atoms with Crippen molar-refractivity contribution in [1.82, 2.24) is 24.1 Å². The predicted molar refractivity (Wildman–Crippen MR) is 510 cm³/mol. The van der Waals surface area contributed by atoms with Crippen molar-refractivity contribution in [3.8, 4) is 62.7 Å². The number of benzene rings is 18. The van der Waals surface area contributed by atoms with Crippen LogP contribution in [0.2, 0.25) is 0 Å². The second kappa shape index (κ2) is 26.1. The topological polar surface area (TPSA) is 81.6 Å². The molecule has 0 saturated carbocycles. The third-order valence-corrected chi connectivity index (χ3v) is 27.1. The zero-order valence-corrected chi connectivity index (χ0v) is 71.5. The Balaban J connectivity index is 0.000000109. The summed E-state index contributed by atoms with van der Waals surface area (Å²) in [4.78, 5) is 15.6. The number of nitriles is 1. The van der Waals surface area contributed by atoms with Gasteiger partial charge in [0.25, 0.3) is 0 Å². The molecule has 0 bridgehead atoms. The van der Waals surface area contributed by atoms with Gasteiger partial charge in [-0.15, -0.1) is 0 Å². The summed E-state index contributed by atoms with van der Waals surface area (Å²) in [6.45, 7) is 36.1. The lowest BCUT2D eigenvalue weighted by molar-refractivity contribution is 0.423. The lowest BCUT2D eigenvalue weighted by Crippen LogP contribution is -2.24. The van der Waals surface area contributed by atoms with Crippen molar-refractivity contribution in [2.45, 2.75) is 132 Å². The lowest BCUT2D eigenvalue weighted by atomic mass is 9.73. The fourth-order valence-corrected chi connectivity index (χ4v) is 21.3. The van der Waals surface area contributed by atoms with E-state index in [1.807, 2.05) is 12.1 Å². The summed E-state index contributed by atoms with van der Waals surface area (Å²) >= 11 is 0. The average molecular weight is 1560 g/mol. The molecule has 4 aromatic heterocycles. The summed E-state index contributed by atoms with van der Waals surface area (Å²) in [7, 11) is 0. The van der Waals surface area contributed by atoms with Crippen LogP contribution in [0.25, 0.3) is 186 Å². The van der Waals surface area contributed by atoms with Gasteiger partial charge in [0.2, 0.25) is 0 Å². The van der Waals surface area contributed by atoms with Gasteiger partial charge in [0.1, 0.15) is 11.5 Å². The van der Waals surface area contributed by atoms with Crippen LogP contribution in [0.3, 0.4) is 0 Å². The molecule has 0 amide bonds. The molecule has 7 nitrogen and oxygen atoms in total. The van der Waals surface area contributed by atoms with Crippen molar-refractivity contribution >= 4 is 141 Å². The molecule has 0 radical (unpaired) electrons. The minimum Gasteiger partial charge on any atom is -0.456 e. The van der Waals surface area contributed by atoms with Crippen molar-refractivity contribution in [1.29, 1.82) is 5.26 Å². The molecule has 0 atom stereocenters. The number of aromatic nitrogens is 5. The van der Waals surface area contributed by atoms with E-state index in [1.54, 1.807) is 0 Å². The fourth-order valence-electron chi connectivity index (χ4n) is 21.3. The Morgan fingerprint density at radius 1 is 0.355 bits per heavy atom. The number of fused-ring (bicyclic) bond motifs is 15. The molecule has 1 aliphatic heterocycles. The van der Waals surface area contributed by atoms with E-state index in [0.29, 0.717) is 5.56 Å². The molecule has 2 aliphatic rings. The monoisotopic (exact) mass is 1560 g/mol. The molecule has 5 heterocycles. The van der Waals surface area contributed by atoms with Crippen molar-refractivity contribution in [2.24, 2.45) is 0 Å². The number of pyridine rings is 1. The summed E-state index contributed by atoms with van der Waals surface area (Å²) in [5.74, 6) is 2.78. The van der Waals surface area contributed by atoms with Crippen molar-refractivity contribution in [2.75, 3.05) is 0 Å². The minimum absolute atomic E-state index is 0.0905. The smallest absolute Gasteiger partial charge is 0.160 e. The van der Waals surface area contributed by atoms with Crippen LogP contribution in [-0.4, -0.2) is 24.1 Å². The van der Waals surface area contributed by atoms with Gasteiger partial charge >= 0.3 is 0 Å². The second-order valence-corrected chi connectivity index (χ2v) is 37.6. The Kier molecular flexibility index (Phi) is 15.9. The molecule has 7 heteroatoms. The number of para-hydroxylation sites is 4. The Labute approximate surface area is 704 Å². The van der Waals surface area contributed by atoms with Gasteiger partial charge in [0.05, 0.1) is 56.5 Å². The third kappa shape index (κ3) is 10.8. The number of hydrogen-bond donors (Lipinski definition) is 0. The maximum absolute atomic E-state index is 9.25. The number of nitrogens with zero attached hydrogens (tertiary/aromatic N) is 6. The first-order chi connectivity index (χ1) is 58.2. The number of ether oxygens (including phenoxy) is 1. The molecule has 1 aliphatic carbocycles. The van der Waals surface area contributed by atoms with Gasteiger partial charge in [0, 0.05) is 98.4 Å². The van der Waals surface area contributed by atoms with Crippen LogP contribution >= 0.6 is 0 Å². The zero-order chi connectivity index (χ0) is 83.1. The second-order valence-electron chi connectivity index (χ2n) is 37.6. The minimum atomic E-state index is -0.151. The maximum atomic E-state index is 9.25. The molecule has 24 rings (SSSR count). The highest BCUT2D eigenvalue weighted by Crippen LogP contribution is 2.59. The number of hydrogen-bond acceptors (Lipinski definition) is 5. The van der Waals surface area contributed by atoms with Crippen molar-refractivity contribution < 1.29 is 4.74 Å². The zero-order valence-electron chi connectivity index (χ0n) is 71.5. The van der Waals surface area contributed by atoms with Gasteiger partial charge in [0.15, 0.2) is 5.82 Å². The Bertz CT molecular complexity index is 8200. The first-order valence-corrected chi connectivity index (χ1v) is 42.6. The van der Waals surface area contributed by atoms with Gasteiger partial charge in [-0.1, -0.05) is 251 Å². The fraction of sp³-hybridized carbons (Fsp3) is 0.175. The predicted octanol–water partition coefficient (Wildman–Crippen LogP) is 30.5. The molecule has 121 heavy (non-hydrogen) atoms. The van der Waals surface area contributed by atoms with Crippen molar-refractivity contribution in [3.63, 3.8) is 0 Å². The van der Waals surface area contributed by atoms with E-state index in [9.17, 15) is 5.26 Å². The van der Waals surface area contributed by atoms with Crippen LogP contribution in [0.5, 0.6) is 11.5 Å². The molecule has 0 fully saturated rings. The van der Waals surface area contributed by atoms with E-state index >= 15 is 0 Å². The Morgan fingerprint density at radius 2 is 0.884 bits per heavy atom. The third-order valence-electron chi connectivity index (χ3n) is 27.1. The van der Waals surface area contributed by atoms with E-state index in [-0.39, 0.29) is 21.7 Å². The van der Waals surface area contributed by atoms with E-state index in [0.717, 1.165) is 51.2 Å². The highest BCUT2D eigenvalue weighted by molar-refractivity contribution is 6.35. The average Bonchev–Trinajstić information content (AvgIpc) is 1.46. The summed E-state index contributed by atoms with van der Waals surface area (Å²) in [5.41, 5.74) is 28.4. The molecule has 0 N–H and O–H groups in total. The standard InChI is InChI=1S/C43H41N3.C36H31NO.C35H20N2/c1-24-20-25(2)39(26(3)21-24)46-34-13-11-10-12-29(34)33-22-28-16-17-30-31(18-14-27-15-19-32(40(33)46)38(28)37(27)30)41-44-35(42(4,5)6)23-36(45-41)43(7,8)9;1-18-14-21-16-27-34(38-28-11-9-8-10-24(28)35(27,4)5)23-15-19(2)29-31(30(21)23)22(18)17-26-32(29)33-25(36(26,6)7)13-12-20(3)37-33;36-21-22-10-12-23(13-11-22)27-17-14-24-15-19-30-34-25(16-18-29(27)33(24)34)20-31-28-8-4-5-9-32(28)37(35(30)31)26-6-2-1-3-7-26/h10-23H,1-9H3;8-17H,1-7H3;1-20H. The van der Waals surface area contributed by atoms with Gasteiger partial charge in [-0.3, -0.25) is 4.98 Å². The highest BCUT2D eigenvalue weighted by atomic mass is 16.5. The van der Waals surface area contributed by atoms with Crippen LogP contribution in [0.4, 0.5) is 0 Å². The molecule has 18 aromatic carbocycles. The Morgan fingerprint density at radius 3 is 1.51 bits per heavy atom. The van der Waals surface area contributed by atoms with Crippen LogP contribution in [0.15, 0.2) is 267 Å². The molecule has 22 aromatic rings. The molecule has 0 unspecified atom stereocenters. The first-order valence-electron chi connectivity index (χ1n) is 42.6. The highest BCUT2D eigenvalue weighted by Gasteiger charge is 2.41. The van der Waals surface area contributed by atoms with E-state index in [4.69, 9.17) is 19.7 Å². The van der Waals surface area contributed by atoms with Gasteiger partial charge < -0.3 is 13.9 Å². The SMILES string of the molecule is Cc1cc(C)c(-n2c3ccccc3c3cc4ccc5c(-c6nc(C(C)(C)C)cc(C(C)(C)C)n6)ccc6ccc(c4c65)c32)c(C)c1.Cc1ccc2c(n1)-c1c(cc3c(C)cc4cc5c(c6cc(C)c1c3c46)Oc1ccccc1C5(C)C)C2(C)C.N#Cc1ccc(-c2ccc3ccc4c5c(ccc2c35)cc2c3ccccc3n(-c3ccccc3)c24)cc1. The summed E-state index contributed by atoms with van der Waals surface area (Å²) in [6, 6.07) is 99.8. The number of rotatable bonds is 4. The van der Waals surface area contributed by atoms with Crippen LogP contribution < -0.4 is 4.74 Å². The lowest BCUT2D eigenvalue weighted by Gasteiger charge is -2.36. The van der Waals surface area contributed by atoms with E-state index in [1.165, 1.54) is 213 Å². The quantitative estimate of drug-likeness (QED) is 0.164. The summed E-state index contributed by atoms with van der Waals surface area (Å²) in [5, 5.41) is 37.4. The normalized spacial score (nSPS) is 13.6. The van der Waals surface area contributed by atoms with E-state index < -0.39 is 0 Å². The largest absolute Gasteiger partial charge is 0.456 e. The molecule has 0 saturated heterocycles. The molecular weight excluding hydrogens is 1470 g/mol. The van der Waals surface area contributed by atoms with Crippen LogP contribution in [0, 0.1) is 52.9 Å². The summed E-state index contributed by atoms with van der Waals surface area (Å²) in [6.07, 6.45) is 0. The maximum Gasteiger partial charge on any atom is 0.160 e. The Hall–Kier alpha value is -13.8. The van der Waals surface area contributed by atoms with Gasteiger partial charge in [-0.25, -0.2) is 9.97 Å². The van der Waals surface area contributed by atoms with Crippen LogP contribution in [0.1, 0.15) is 142 Å². The summed E-state index contributed by atoms with van der Waals surface area (Å²) < 4.78 is 11.7. The number of aryl methyl sites for hydroxylation is 6. The van der Waals surface area contributed by atoms with Gasteiger partial charge in [-0.05, 0) is 252 Å². The van der Waals surface area contributed by atoms with E-state index in [2.05, 4.69) is 381 Å². The van der Waals surface area contributed by atoms with Crippen LogP contribution in [-0.2, 0) is 21.7 Å². The molecule has 0 spiro atoms. The van der Waals surface area contributed by atoms with Gasteiger partial charge in [-0.2, -0.15) is 5.26 Å².